The van der Waals surface area contributed by atoms with E-state index in [1.54, 1.807) is 0 Å². The van der Waals surface area contributed by atoms with Crippen molar-refractivity contribution in [1.82, 2.24) is 10.3 Å². The van der Waals surface area contributed by atoms with Crippen molar-refractivity contribution in [3.05, 3.63) is 22.4 Å². The van der Waals surface area contributed by atoms with E-state index in [0.717, 1.165) is 50.0 Å². The molecule has 0 aromatic carbocycles. The third-order valence-corrected chi connectivity index (χ3v) is 5.44. The van der Waals surface area contributed by atoms with Crippen molar-refractivity contribution in [2.75, 3.05) is 18.9 Å². The van der Waals surface area contributed by atoms with Gasteiger partial charge in [-0.25, -0.2) is 4.98 Å². The minimum atomic E-state index is -0.0330. The van der Waals surface area contributed by atoms with Crippen LogP contribution in [0.1, 0.15) is 41.6 Å². The number of nitrogens with zero attached hydrogens (tertiary/aromatic N) is 2. The van der Waals surface area contributed by atoms with Crippen LogP contribution in [0.25, 0.3) is 0 Å². The molecule has 0 radical (unpaired) electrons. The van der Waals surface area contributed by atoms with Gasteiger partial charge in [-0.1, -0.05) is 11.8 Å². The lowest BCUT2D eigenvalue weighted by atomic mass is 10.0. The number of ether oxygens (including phenoxy) is 1. The molecule has 6 heteroatoms. The van der Waals surface area contributed by atoms with Gasteiger partial charge in [-0.2, -0.15) is 5.26 Å². The van der Waals surface area contributed by atoms with Gasteiger partial charge in [0, 0.05) is 18.8 Å². The van der Waals surface area contributed by atoms with E-state index in [4.69, 9.17) is 4.74 Å². The standard InChI is InChI=1S/C17H21N3O2S/c1-11-13-5-2-6-15(13)20-17(14(11)8-18)23-10-16(21)19-9-12-4-3-7-22-12/h12H,2-7,9-10H2,1H3,(H,19,21). The maximum Gasteiger partial charge on any atom is 0.230 e. The maximum atomic E-state index is 12.0. The summed E-state index contributed by atoms with van der Waals surface area (Å²) < 4.78 is 5.49. The van der Waals surface area contributed by atoms with Crippen molar-refractivity contribution >= 4 is 17.7 Å². The zero-order chi connectivity index (χ0) is 16.2. The van der Waals surface area contributed by atoms with Crippen LogP contribution < -0.4 is 5.32 Å². The molecule has 0 spiro atoms. The summed E-state index contributed by atoms with van der Waals surface area (Å²) in [6, 6.07) is 2.26. The number of thioether (sulfide) groups is 1. The van der Waals surface area contributed by atoms with E-state index >= 15 is 0 Å². The van der Waals surface area contributed by atoms with Crippen LogP contribution in [0.15, 0.2) is 5.03 Å². The van der Waals surface area contributed by atoms with Gasteiger partial charge in [0.2, 0.25) is 5.91 Å². The van der Waals surface area contributed by atoms with Crippen LogP contribution in [0.4, 0.5) is 0 Å². The minimum Gasteiger partial charge on any atom is -0.376 e. The molecule has 1 aromatic heterocycles. The van der Waals surface area contributed by atoms with Crippen molar-refractivity contribution in [3.63, 3.8) is 0 Å². The molecular formula is C17H21N3O2S. The number of carbonyl (C=O) groups excluding carboxylic acids is 1. The second-order valence-electron chi connectivity index (χ2n) is 6.04. The molecule has 1 atom stereocenters. The number of aromatic nitrogens is 1. The molecular weight excluding hydrogens is 310 g/mol. The van der Waals surface area contributed by atoms with Crippen molar-refractivity contribution in [2.45, 2.75) is 50.2 Å². The summed E-state index contributed by atoms with van der Waals surface area (Å²) in [5, 5.41) is 13.0. The number of fused-ring (bicyclic) bond motifs is 1. The zero-order valence-electron chi connectivity index (χ0n) is 13.4. The number of nitriles is 1. The summed E-state index contributed by atoms with van der Waals surface area (Å²) >= 11 is 1.36. The number of rotatable bonds is 5. The average Bonchev–Trinajstić information content (AvgIpc) is 3.22. The number of hydrogen-bond acceptors (Lipinski definition) is 5. The molecule has 1 aromatic rings. The molecule has 0 saturated carbocycles. The SMILES string of the molecule is Cc1c(C#N)c(SCC(=O)NCC2CCCO2)nc2c1CCC2. The number of hydrogen-bond donors (Lipinski definition) is 1. The van der Waals surface area contributed by atoms with Crippen LogP contribution in [-0.4, -0.2) is 35.9 Å². The van der Waals surface area contributed by atoms with Crippen molar-refractivity contribution in [3.8, 4) is 6.07 Å². The predicted molar refractivity (Wildman–Crippen MR) is 88.4 cm³/mol. The van der Waals surface area contributed by atoms with Crippen LogP contribution in [0.5, 0.6) is 0 Å². The molecule has 122 valence electrons. The van der Waals surface area contributed by atoms with Crippen LogP contribution in [0.2, 0.25) is 0 Å². The lowest BCUT2D eigenvalue weighted by Gasteiger charge is -2.12. The monoisotopic (exact) mass is 331 g/mol. The van der Waals surface area contributed by atoms with Crippen molar-refractivity contribution in [1.29, 1.82) is 5.26 Å². The second-order valence-corrected chi connectivity index (χ2v) is 7.00. The van der Waals surface area contributed by atoms with Crippen LogP contribution >= 0.6 is 11.8 Å². The van der Waals surface area contributed by atoms with Crippen LogP contribution in [0, 0.1) is 18.3 Å². The van der Waals surface area contributed by atoms with Gasteiger partial charge in [-0.05, 0) is 50.2 Å². The van der Waals surface area contributed by atoms with Gasteiger partial charge in [0.25, 0.3) is 0 Å². The number of nitrogens with one attached hydrogen (secondary N) is 1. The first-order valence-electron chi connectivity index (χ1n) is 8.12. The number of amides is 1. The van der Waals surface area contributed by atoms with Gasteiger partial charge < -0.3 is 10.1 Å². The highest BCUT2D eigenvalue weighted by Crippen LogP contribution is 2.31. The Morgan fingerprint density at radius 2 is 2.35 bits per heavy atom. The van der Waals surface area contributed by atoms with E-state index in [-0.39, 0.29) is 17.8 Å². The van der Waals surface area contributed by atoms with Crippen molar-refractivity contribution in [2.24, 2.45) is 0 Å². The molecule has 1 N–H and O–H groups in total. The predicted octanol–water partition coefficient (Wildman–Crippen LogP) is 2.14. The molecule has 5 nitrogen and oxygen atoms in total. The van der Waals surface area contributed by atoms with Crippen molar-refractivity contribution < 1.29 is 9.53 Å². The maximum absolute atomic E-state index is 12.0. The zero-order valence-corrected chi connectivity index (χ0v) is 14.2. The van der Waals surface area contributed by atoms with Gasteiger partial charge in [0.15, 0.2) is 0 Å². The van der Waals surface area contributed by atoms with E-state index in [2.05, 4.69) is 16.4 Å². The Labute approximate surface area is 140 Å². The van der Waals surface area contributed by atoms with Gasteiger partial charge in [-0.3, -0.25) is 4.79 Å². The van der Waals surface area contributed by atoms with E-state index in [1.807, 2.05) is 6.92 Å². The Balaban J connectivity index is 1.60. The molecule has 1 aliphatic carbocycles. The second kappa shape index (κ2) is 7.33. The third kappa shape index (κ3) is 3.67. The van der Waals surface area contributed by atoms with E-state index in [1.165, 1.54) is 17.3 Å². The number of pyridine rings is 1. The fourth-order valence-corrected chi connectivity index (χ4v) is 4.09. The quantitative estimate of drug-likeness (QED) is 0.837. The first kappa shape index (κ1) is 16.3. The molecule has 23 heavy (non-hydrogen) atoms. The van der Waals surface area contributed by atoms with Crippen LogP contribution in [-0.2, 0) is 22.4 Å². The number of aryl methyl sites for hydroxylation is 1. The smallest absolute Gasteiger partial charge is 0.230 e. The Morgan fingerprint density at radius 1 is 1.48 bits per heavy atom. The summed E-state index contributed by atoms with van der Waals surface area (Å²) in [7, 11) is 0. The Morgan fingerprint density at radius 3 is 3.09 bits per heavy atom. The first-order valence-corrected chi connectivity index (χ1v) is 9.11. The molecule has 0 bridgehead atoms. The minimum absolute atomic E-state index is 0.0330. The lowest BCUT2D eigenvalue weighted by molar-refractivity contribution is -0.119. The fourth-order valence-electron chi connectivity index (χ4n) is 3.20. The summed E-state index contributed by atoms with van der Waals surface area (Å²) in [6.45, 7) is 3.35. The van der Waals surface area contributed by atoms with Gasteiger partial charge >= 0.3 is 0 Å². The summed E-state index contributed by atoms with van der Waals surface area (Å²) in [5.74, 6) is 0.251. The lowest BCUT2D eigenvalue weighted by Crippen LogP contribution is -2.32. The van der Waals surface area contributed by atoms with E-state index in [0.29, 0.717) is 17.1 Å². The fraction of sp³-hybridized carbons (Fsp3) is 0.588. The molecule has 1 saturated heterocycles. The highest BCUT2D eigenvalue weighted by molar-refractivity contribution is 8.00. The molecule has 2 aliphatic rings. The Hall–Kier alpha value is -1.58. The highest BCUT2D eigenvalue weighted by atomic mass is 32.2. The largest absolute Gasteiger partial charge is 0.376 e. The topological polar surface area (TPSA) is 75.0 Å². The molecule has 3 rings (SSSR count). The van der Waals surface area contributed by atoms with Gasteiger partial charge in [-0.15, -0.1) is 0 Å². The summed E-state index contributed by atoms with van der Waals surface area (Å²) in [5.41, 5.74) is 4.00. The number of carbonyl (C=O) groups is 1. The first-order chi connectivity index (χ1) is 11.2. The normalized spacial score (nSPS) is 19.4. The Bertz CT molecular complexity index is 648. The van der Waals surface area contributed by atoms with E-state index in [9.17, 15) is 10.1 Å². The highest BCUT2D eigenvalue weighted by Gasteiger charge is 2.21. The molecule has 1 aliphatic heterocycles. The molecule has 1 amide bonds. The van der Waals surface area contributed by atoms with Gasteiger partial charge in [0.1, 0.15) is 11.1 Å². The summed E-state index contributed by atoms with van der Waals surface area (Å²) in [4.78, 5) is 16.6. The third-order valence-electron chi connectivity index (χ3n) is 4.47. The molecule has 1 unspecified atom stereocenters. The van der Waals surface area contributed by atoms with Crippen LogP contribution in [0.3, 0.4) is 0 Å². The molecule has 2 heterocycles. The molecule has 1 fully saturated rings. The average molecular weight is 331 g/mol. The Kier molecular flexibility index (Phi) is 5.19. The van der Waals surface area contributed by atoms with E-state index < -0.39 is 0 Å². The summed E-state index contributed by atoms with van der Waals surface area (Å²) in [6.07, 6.45) is 5.32. The van der Waals surface area contributed by atoms with Gasteiger partial charge in [0.05, 0.1) is 17.4 Å².